The van der Waals surface area contributed by atoms with E-state index >= 15 is 0 Å². The Balaban J connectivity index is 2.67. The lowest BCUT2D eigenvalue weighted by atomic mass is 10.1. The van der Waals surface area contributed by atoms with Gasteiger partial charge in [-0.2, -0.15) is 0 Å². The summed E-state index contributed by atoms with van der Waals surface area (Å²) in [6.45, 7) is 6.77. The van der Waals surface area contributed by atoms with Crippen molar-refractivity contribution in [3.8, 4) is 0 Å². The number of aromatic nitrogens is 3. The number of pyridine rings is 1. The third-order valence-corrected chi connectivity index (χ3v) is 3.16. The van der Waals surface area contributed by atoms with Crippen LogP contribution in [0.15, 0.2) is 12.3 Å². The van der Waals surface area contributed by atoms with Crippen LogP contribution in [-0.2, 0) is 16.2 Å². The average molecular weight is 268 g/mol. The highest BCUT2D eigenvalue weighted by molar-refractivity contribution is 6.16. The molecule has 0 amide bonds. The Hall–Kier alpha value is -1.13. The Morgan fingerprint density at radius 2 is 2.17 bits per heavy atom. The number of ether oxygens (including phenoxy) is 1. The van der Waals surface area contributed by atoms with Crippen molar-refractivity contribution in [3.63, 3.8) is 0 Å². The van der Waals surface area contributed by atoms with E-state index in [-0.39, 0.29) is 5.54 Å². The van der Waals surface area contributed by atoms with E-state index < -0.39 is 0 Å². The first kappa shape index (κ1) is 13.3. The van der Waals surface area contributed by atoms with Gasteiger partial charge in [0.25, 0.3) is 0 Å². The molecule has 0 spiro atoms. The molecule has 0 fully saturated rings. The summed E-state index contributed by atoms with van der Waals surface area (Å²) in [6, 6.07) is 2.03. The predicted molar refractivity (Wildman–Crippen MR) is 73.0 cm³/mol. The van der Waals surface area contributed by atoms with Crippen molar-refractivity contribution in [2.24, 2.45) is 0 Å². The fraction of sp³-hybridized carbons (Fsp3) is 0.538. The van der Waals surface area contributed by atoms with E-state index in [1.807, 2.05) is 19.2 Å². The molecule has 2 aromatic rings. The highest BCUT2D eigenvalue weighted by Crippen LogP contribution is 2.25. The first-order valence-corrected chi connectivity index (χ1v) is 6.42. The molecule has 5 heteroatoms. The second-order valence-corrected chi connectivity index (χ2v) is 5.37. The molecule has 0 aliphatic heterocycles. The molecular formula is C13H18ClN3O. The molecule has 2 aromatic heterocycles. The van der Waals surface area contributed by atoms with Crippen molar-refractivity contribution < 1.29 is 4.74 Å². The molecule has 18 heavy (non-hydrogen) atoms. The lowest BCUT2D eigenvalue weighted by Gasteiger charge is -2.27. The third kappa shape index (κ3) is 2.22. The van der Waals surface area contributed by atoms with Gasteiger partial charge in [0.05, 0.1) is 18.0 Å². The van der Waals surface area contributed by atoms with Crippen LogP contribution in [0.5, 0.6) is 0 Å². The fourth-order valence-electron chi connectivity index (χ4n) is 2.26. The van der Waals surface area contributed by atoms with Crippen molar-refractivity contribution in [1.29, 1.82) is 0 Å². The van der Waals surface area contributed by atoms with Gasteiger partial charge in [-0.3, -0.25) is 0 Å². The van der Waals surface area contributed by atoms with Crippen LogP contribution < -0.4 is 0 Å². The second-order valence-electron chi connectivity index (χ2n) is 5.10. The molecule has 4 nitrogen and oxygen atoms in total. The van der Waals surface area contributed by atoms with Gasteiger partial charge in [0, 0.05) is 13.3 Å². The summed E-state index contributed by atoms with van der Waals surface area (Å²) in [5, 5.41) is 0. The first-order valence-electron chi connectivity index (χ1n) is 5.89. The molecule has 0 saturated heterocycles. The maximum absolute atomic E-state index is 6.00. The molecule has 2 rings (SSSR count). The standard InChI is InChI=1S/C13H18ClN3O/c1-9-5-10-12(15-7-9)17(11(6-14)16-10)13(2,3)8-18-4/h5,7H,6,8H2,1-4H3. The number of fused-ring (bicyclic) bond motifs is 1. The zero-order valence-corrected chi connectivity index (χ0v) is 12.0. The Labute approximate surface area is 112 Å². The largest absolute Gasteiger partial charge is 0.382 e. The van der Waals surface area contributed by atoms with E-state index in [9.17, 15) is 0 Å². The molecule has 0 N–H and O–H groups in total. The zero-order valence-electron chi connectivity index (χ0n) is 11.2. The molecule has 0 aliphatic rings. The van der Waals surface area contributed by atoms with E-state index in [1.165, 1.54) is 0 Å². The van der Waals surface area contributed by atoms with Gasteiger partial charge in [-0.25, -0.2) is 9.97 Å². The van der Waals surface area contributed by atoms with Crippen LogP contribution in [0, 0.1) is 6.92 Å². The Morgan fingerprint density at radius 1 is 1.44 bits per heavy atom. The SMILES string of the molecule is COCC(C)(C)n1c(CCl)nc2cc(C)cnc21. The molecular weight excluding hydrogens is 250 g/mol. The smallest absolute Gasteiger partial charge is 0.160 e. The van der Waals surface area contributed by atoms with E-state index in [1.54, 1.807) is 7.11 Å². The van der Waals surface area contributed by atoms with Crippen LogP contribution in [0.3, 0.4) is 0 Å². The minimum Gasteiger partial charge on any atom is -0.382 e. The van der Waals surface area contributed by atoms with Crippen molar-refractivity contribution in [2.45, 2.75) is 32.2 Å². The van der Waals surface area contributed by atoms with E-state index in [2.05, 4.69) is 28.4 Å². The third-order valence-electron chi connectivity index (χ3n) is 2.93. The van der Waals surface area contributed by atoms with Crippen LogP contribution in [0.25, 0.3) is 11.2 Å². The van der Waals surface area contributed by atoms with Crippen molar-refractivity contribution in [2.75, 3.05) is 13.7 Å². The highest BCUT2D eigenvalue weighted by atomic mass is 35.5. The van der Waals surface area contributed by atoms with Crippen molar-refractivity contribution in [3.05, 3.63) is 23.7 Å². The Kier molecular flexibility index (Phi) is 3.59. The Morgan fingerprint density at radius 3 is 2.78 bits per heavy atom. The quantitative estimate of drug-likeness (QED) is 0.800. The molecule has 2 heterocycles. The summed E-state index contributed by atoms with van der Waals surface area (Å²) in [5.74, 6) is 1.19. The minimum atomic E-state index is -0.226. The summed E-state index contributed by atoms with van der Waals surface area (Å²) in [6.07, 6.45) is 1.85. The normalized spacial score (nSPS) is 12.3. The summed E-state index contributed by atoms with van der Waals surface area (Å²) in [5.41, 5.74) is 2.61. The molecule has 0 aromatic carbocycles. The molecule has 0 bridgehead atoms. The lowest BCUT2D eigenvalue weighted by Crippen LogP contribution is -2.33. The average Bonchev–Trinajstić information content (AvgIpc) is 2.66. The zero-order chi connectivity index (χ0) is 13.3. The lowest BCUT2D eigenvalue weighted by molar-refractivity contribution is 0.110. The second kappa shape index (κ2) is 4.86. The molecule has 0 saturated carbocycles. The maximum Gasteiger partial charge on any atom is 0.160 e. The molecule has 98 valence electrons. The number of aryl methyl sites for hydroxylation is 1. The van der Waals surface area contributed by atoms with Crippen molar-refractivity contribution >= 4 is 22.8 Å². The van der Waals surface area contributed by atoms with Gasteiger partial charge in [0.2, 0.25) is 0 Å². The molecule has 0 unspecified atom stereocenters. The Bertz CT molecular complexity index is 563. The minimum absolute atomic E-state index is 0.226. The van der Waals surface area contributed by atoms with Crippen molar-refractivity contribution in [1.82, 2.24) is 14.5 Å². The topological polar surface area (TPSA) is 39.9 Å². The summed E-state index contributed by atoms with van der Waals surface area (Å²) in [7, 11) is 1.69. The van der Waals surface area contributed by atoms with Gasteiger partial charge in [-0.15, -0.1) is 11.6 Å². The monoisotopic (exact) mass is 267 g/mol. The predicted octanol–water partition coefficient (Wildman–Crippen LogP) is 2.86. The number of rotatable bonds is 4. The van der Waals surface area contributed by atoms with Gasteiger partial charge >= 0.3 is 0 Å². The molecule has 0 atom stereocenters. The number of hydrogen-bond acceptors (Lipinski definition) is 3. The number of nitrogens with zero attached hydrogens (tertiary/aromatic N) is 3. The van der Waals surface area contributed by atoms with Crippen LogP contribution >= 0.6 is 11.6 Å². The van der Waals surface area contributed by atoms with E-state index in [4.69, 9.17) is 16.3 Å². The van der Waals surface area contributed by atoms with Crippen LogP contribution in [0.2, 0.25) is 0 Å². The number of hydrogen-bond donors (Lipinski definition) is 0. The van der Waals surface area contributed by atoms with Gasteiger partial charge in [0.15, 0.2) is 5.65 Å². The van der Waals surface area contributed by atoms with Crippen LogP contribution in [-0.4, -0.2) is 28.3 Å². The maximum atomic E-state index is 6.00. The van der Waals surface area contributed by atoms with Gasteiger partial charge in [-0.05, 0) is 32.4 Å². The number of imidazole rings is 1. The summed E-state index contributed by atoms with van der Waals surface area (Å²) < 4.78 is 7.35. The van der Waals surface area contributed by atoms with E-state index in [0.717, 1.165) is 22.6 Å². The number of methoxy groups -OCH3 is 1. The van der Waals surface area contributed by atoms with Crippen LogP contribution in [0.1, 0.15) is 25.2 Å². The molecule has 0 radical (unpaired) electrons. The van der Waals surface area contributed by atoms with Crippen LogP contribution in [0.4, 0.5) is 0 Å². The number of alkyl halides is 1. The molecule has 0 aliphatic carbocycles. The fourth-order valence-corrected chi connectivity index (χ4v) is 2.44. The highest BCUT2D eigenvalue weighted by Gasteiger charge is 2.26. The van der Waals surface area contributed by atoms with Gasteiger partial charge in [0.1, 0.15) is 11.3 Å². The number of halogens is 1. The van der Waals surface area contributed by atoms with Gasteiger partial charge in [-0.1, -0.05) is 0 Å². The van der Waals surface area contributed by atoms with E-state index in [0.29, 0.717) is 12.5 Å². The summed E-state index contributed by atoms with van der Waals surface area (Å²) >= 11 is 6.00. The summed E-state index contributed by atoms with van der Waals surface area (Å²) in [4.78, 5) is 9.04. The van der Waals surface area contributed by atoms with Gasteiger partial charge < -0.3 is 9.30 Å². The first-order chi connectivity index (χ1) is 8.49.